The number of aryl methyl sites for hydroxylation is 2. The van der Waals surface area contributed by atoms with E-state index in [-0.39, 0.29) is 22.4 Å². The standard InChI is InChI=1S/C21H17F2N3O/c1-11-4-6-14(7-5-11)18-13(3)25-26-20(18)24-19(12(2)21(26)27)16-9-8-15(22)10-17(16)23/h4-10,25H,1-3H3. The molecule has 2 heterocycles. The summed E-state index contributed by atoms with van der Waals surface area (Å²) in [7, 11) is 0. The molecule has 6 heteroatoms. The summed E-state index contributed by atoms with van der Waals surface area (Å²) in [4.78, 5) is 17.4. The summed E-state index contributed by atoms with van der Waals surface area (Å²) in [6.45, 7) is 5.44. The first-order valence-corrected chi connectivity index (χ1v) is 8.51. The van der Waals surface area contributed by atoms with Crippen LogP contribution in [0.3, 0.4) is 0 Å². The van der Waals surface area contributed by atoms with Gasteiger partial charge in [-0.3, -0.25) is 9.89 Å². The second-order valence-electron chi connectivity index (χ2n) is 6.65. The molecule has 0 fully saturated rings. The first-order chi connectivity index (χ1) is 12.9. The number of rotatable bonds is 2. The van der Waals surface area contributed by atoms with E-state index in [4.69, 9.17) is 0 Å². The molecule has 0 saturated carbocycles. The number of nitrogens with one attached hydrogen (secondary N) is 1. The zero-order valence-corrected chi connectivity index (χ0v) is 15.1. The molecule has 0 saturated heterocycles. The Balaban J connectivity index is 2.05. The molecule has 0 aliphatic heterocycles. The largest absolute Gasteiger partial charge is 0.293 e. The first-order valence-electron chi connectivity index (χ1n) is 8.51. The highest BCUT2D eigenvalue weighted by molar-refractivity contribution is 5.81. The third-order valence-corrected chi connectivity index (χ3v) is 4.71. The normalized spacial score (nSPS) is 11.3. The van der Waals surface area contributed by atoms with Crippen LogP contribution in [0.5, 0.6) is 0 Å². The van der Waals surface area contributed by atoms with Crippen LogP contribution in [0.2, 0.25) is 0 Å². The molecule has 0 aliphatic carbocycles. The number of H-pyrrole nitrogens is 1. The molecule has 0 spiro atoms. The van der Waals surface area contributed by atoms with Gasteiger partial charge in [0.25, 0.3) is 5.56 Å². The van der Waals surface area contributed by atoms with Gasteiger partial charge in [-0.1, -0.05) is 29.8 Å². The maximum absolute atomic E-state index is 14.3. The van der Waals surface area contributed by atoms with E-state index in [0.717, 1.165) is 34.5 Å². The van der Waals surface area contributed by atoms with Crippen molar-refractivity contribution in [3.63, 3.8) is 0 Å². The zero-order chi connectivity index (χ0) is 19.3. The summed E-state index contributed by atoms with van der Waals surface area (Å²) in [5.41, 5.74) is 4.26. The van der Waals surface area contributed by atoms with E-state index in [2.05, 4.69) is 10.1 Å². The number of aromatic amines is 1. The van der Waals surface area contributed by atoms with E-state index in [1.165, 1.54) is 10.6 Å². The van der Waals surface area contributed by atoms with Gasteiger partial charge < -0.3 is 0 Å². The molecule has 0 unspecified atom stereocenters. The predicted octanol–water partition coefficient (Wildman–Crippen LogP) is 4.56. The van der Waals surface area contributed by atoms with Crippen LogP contribution in [-0.2, 0) is 0 Å². The Hall–Kier alpha value is -3.28. The van der Waals surface area contributed by atoms with Crippen molar-refractivity contribution < 1.29 is 8.78 Å². The minimum Gasteiger partial charge on any atom is -0.293 e. The molecule has 2 aromatic carbocycles. The summed E-state index contributed by atoms with van der Waals surface area (Å²) in [5.74, 6) is -1.43. The molecule has 27 heavy (non-hydrogen) atoms. The highest BCUT2D eigenvalue weighted by Crippen LogP contribution is 2.30. The number of hydrogen-bond donors (Lipinski definition) is 1. The Morgan fingerprint density at radius 3 is 2.37 bits per heavy atom. The lowest BCUT2D eigenvalue weighted by Gasteiger charge is -2.08. The molecule has 4 aromatic rings. The fourth-order valence-corrected chi connectivity index (χ4v) is 3.28. The zero-order valence-electron chi connectivity index (χ0n) is 15.1. The molecular weight excluding hydrogens is 348 g/mol. The molecular formula is C21H17F2N3O. The van der Waals surface area contributed by atoms with Crippen LogP contribution in [0, 0.1) is 32.4 Å². The van der Waals surface area contributed by atoms with Crippen molar-refractivity contribution in [1.82, 2.24) is 14.6 Å². The van der Waals surface area contributed by atoms with Gasteiger partial charge in [-0.05, 0) is 38.5 Å². The molecule has 4 nitrogen and oxygen atoms in total. The van der Waals surface area contributed by atoms with Crippen LogP contribution >= 0.6 is 0 Å². The van der Waals surface area contributed by atoms with Crippen molar-refractivity contribution in [2.45, 2.75) is 20.8 Å². The van der Waals surface area contributed by atoms with Crippen LogP contribution in [-0.4, -0.2) is 14.6 Å². The van der Waals surface area contributed by atoms with Crippen molar-refractivity contribution in [1.29, 1.82) is 0 Å². The third kappa shape index (κ3) is 2.73. The van der Waals surface area contributed by atoms with E-state index in [1.807, 2.05) is 38.1 Å². The van der Waals surface area contributed by atoms with Crippen molar-refractivity contribution >= 4 is 5.65 Å². The Bertz CT molecular complexity index is 1240. The molecule has 0 aliphatic rings. The van der Waals surface area contributed by atoms with Gasteiger partial charge in [0, 0.05) is 28.5 Å². The molecule has 0 amide bonds. The number of aromatic nitrogens is 3. The van der Waals surface area contributed by atoms with Gasteiger partial charge in [0.2, 0.25) is 0 Å². The van der Waals surface area contributed by atoms with Crippen LogP contribution < -0.4 is 5.56 Å². The summed E-state index contributed by atoms with van der Waals surface area (Å²) in [5, 5.41) is 3.04. The monoisotopic (exact) mass is 365 g/mol. The average molecular weight is 365 g/mol. The molecule has 1 N–H and O–H groups in total. The lowest BCUT2D eigenvalue weighted by Crippen LogP contribution is -2.19. The lowest BCUT2D eigenvalue weighted by molar-refractivity contribution is 0.585. The fourth-order valence-electron chi connectivity index (χ4n) is 3.28. The number of fused-ring (bicyclic) bond motifs is 1. The van der Waals surface area contributed by atoms with E-state index >= 15 is 0 Å². The van der Waals surface area contributed by atoms with Gasteiger partial charge in [-0.15, -0.1) is 0 Å². The minimum atomic E-state index is -0.751. The predicted molar refractivity (Wildman–Crippen MR) is 101 cm³/mol. The summed E-state index contributed by atoms with van der Waals surface area (Å²) in [6.07, 6.45) is 0. The van der Waals surface area contributed by atoms with E-state index in [0.29, 0.717) is 5.65 Å². The topological polar surface area (TPSA) is 50.2 Å². The van der Waals surface area contributed by atoms with Crippen LogP contribution in [0.4, 0.5) is 8.78 Å². The van der Waals surface area contributed by atoms with E-state index in [1.54, 1.807) is 6.92 Å². The summed E-state index contributed by atoms with van der Waals surface area (Å²) >= 11 is 0. The van der Waals surface area contributed by atoms with Gasteiger partial charge in [0.05, 0.1) is 5.69 Å². The summed E-state index contributed by atoms with van der Waals surface area (Å²) < 4.78 is 29.0. The van der Waals surface area contributed by atoms with Gasteiger partial charge in [-0.25, -0.2) is 18.3 Å². The van der Waals surface area contributed by atoms with Crippen LogP contribution in [0.15, 0.2) is 47.3 Å². The fraction of sp³-hybridized carbons (Fsp3) is 0.143. The molecule has 0 radical (unpaired) electrons. The van der Waals surface area contributed by atoms with Gasteiger partial charge in [0.15, 0.2) is 5.65 Å². The van der Waals surface area contributed by atoms with Crippen molar-refractivity contribution in [2.75, 3.05) is 0 Å². The first kappa shape index (κ1) is 17.1. The second-order valence-corrected chi connectivity index (χ2v) is 6.65. The Morgan fingerprint density at radius 2 is 1.70 bits per heavy atom. The van der Waals surface area contributed by atoms with Gasteiger partial charge in [-0.2, -0.15) is 0 Å². The van der Waals surface area contributed by atoms with Crippen molar-refractivity contribution in [3.05, 3.63) is 81.3 Å². The minimum absolute atomic E-state index is 0.0993. The number of hydrogen-bond acceptors (Lipinski definition) is 2. The Labute approximate surface area is 154 Å². The highest BCUT2D eigenvalue weighted by Gasteiger charge is 2.19. The number of benzene rings is 2. The SMILES string of the molecule is Cc1ccc(-c2c(C)[nH]n3c(=O)c(C)c(-c4ccc(F)cc4F)nc23)cc1. The third-order valence-electron chi connectivity index (χ3n) is 4.71. The molecule has 2 aromatic heterocycles. The Kier molecular flexibility index (Phi) is 3.91. The van der Waals surface area contributed by atoms with Gasteiger partial charge in [0.1, 0.15) is 11.6 Å². The molecule has 0 atom stereocenters. The maximum Gasteiger partial charge on any atom is 0.276 e. The van der Waals surface area contributed by atoms with E-state index in [9.17, 15) is 13.6 Å². The van der Waals surface area contributed by atoms with Crippen molar-refractivity contribution in [3.8, 4) is 22.4 Å². The highest BCUT2D eigenvalue weighted by atomic mass is 19.1. The summed E-state index contributed by atoms with van der Waals surface area (Å²) in [6, 6.07) is 11.1. The Morgan fingerprint density at radius 1 is 1.00 bits per heavy atom. The second kappa shape index (κ2) is 6.16. The molecule has 136 valence electrons. The molecule has 0 bridgehead atoms. The molecule has 4 rings (SSSR count). The average Bonchev–Trinajstić information content (AvgIpc) is 2.96. The van der Waals surface area contributed by atoms with Crippen molar-refractivity contribution in [2.24, 2.45) is 0 Å². The van der Waals surface area contributed by atoms with Crippen LogP contribution in [0.1, 0.15) is 16.8 Å². The van der Waals surface area contributed by atoms with E-state index < -0.39 is 11.6 Å². The number of halogens is 2. The maximum atomic E-state index is 14.3. The number of nitrogens with zero attached hydrogens (tertiary/aromatic N) is 2. The smallest absolute Gasteiger partial charge is 0.276 e. The van der Waals surface area contributed by atoms with Crippen LogP contribution in [0.25, 0.3) is 28.0 Å². The van der Waals surface area contributed by atoms with Gasteiger partial charge >= 0.3 is 0 Å². The lowest BCUT2D eigenvalue weighted by atomic mass is 10.0. The quantitative estimate of drug-likeness (QED) is 0.566.